The standard InChI is InChI=1S/C18H16N6O3.ClH/c1-10(2)27-12-3-4-14-13(7-12)16(23-22-14)17-19-6-5-15(21-17)24-9-11(8-20-24)18(25)26;/h3-10H,1-2H3,(H,22,23)(H,25,26);1H. The molecule has 4 aromatic rings. The fourth-order valence-electron chi connectivity index (χ4n) is 2.66. The maximum absolute atomic E-state index is 11.0. The average Bonchev–Trinajstić information content (AvgIpc) is 3.28. The van der Waals surface area contributed by atoms with Crippen molar-refractivity contribution in [1.82, 2.24) is 29.9 Å². The normalized spacial score (nSPS) is 10.8. The molecule has 0 spiro atoms. The molecule has 0 bridgehead atoms. The van der Waals surface area contributed by atoms with E-state index in [0.717, 1.165) is 16.7 Å². The third-order valence-corrected chi connectivity index (χ3v) is 3.82. The quantitative estimate of drug-likeness (QED) is 0.528. The molecular formula is C18H17ClN6O3. The zero-order chi connectivity index (χ0) is 19.0. The molecule has 0 aliphatic heterocycles. The van der Waals surface area contributed by atoms with Gasteiger partial charge in [0.25, 0.3) is 0 Å². The Morgan fingerprint density at radius 3 is 2.82 bits per heavy atom. The molecule has 0 radical (unpaired) electrons. The second-order valence-corrected chi connectivity index (χ2v) is 6.16. The van der Waals surface area contributed by atoms with Gasteiger partial charge in [0.2, 0.25) is 0 Å². The number of nitrogens with zero attached hydrogens (tertiary/aromatic N) is 5. The summed E-state index contributed by atoms with van der Waals surface area (Å²) >= 11 is 0. The third-order valence-electron chi connectivity index (χ3n) is 3.82. The molecular weight excluding hydrogens is 384 g/mol. The number of carboxylic acids is 1. The Morgan fingerprint density at radius 1 is 1.29 bits per heavy atom. The predicted molar refractivity (Wildman–Crippen MR) is 104 cm³/mol. The van der Waals surface area contributed by atoms with Crippen LogP contribution < -0.4 is 4.74 Å². The maximum atomic E-state index is 11.0. The van der Waals surface area contributed by atoms with Crippen LogP contribution >= 0.6 is 12.4 Å². The minimum atomic E-state index is -1.05. The van der Waals surface area contributed by atoms with Gasteiger partial charge in [-0.05, 0) is 32.0 Å². The summed E-state index contributed by atoms with van der Waals surface area (Å²) in [5, 5.41) is 21.2. The summed E-state index contributed by atoms with van der Waals surface area (Å²) < 4.78 is 7.13. The lowest BCUT2D eigenvalue weighted by molar-refractivity contribution is 0.0697. The number of halogens is 1. The molecule has 0 saturated heterocycles. The second-order valence-electron chi connectivity index (χ2n) is 6.16. The van der Waals surface area contributed by atoms with Gasteiger partial charge >= 0.3 is 5.97 Å². The van der Waals surface area contributed by atoms with Gasteiger partial charge in [-0.2, -0.15) is 10.2 Å². The number of ether oxygens (including phenoxy) is 1. The van der Waals surface area contributed by atoms with Crippen molar-refractivity contribution in [3.63, 3.8) is 0 Å². The van der Waals surface area contributed by atoms with Crippen molar-refractivity contribution in [2.45, 2.75) is 20.0 Å². The van der Waals surface area contributed by atoms with E-state index in [9.17, 15) is 4.79 Å². The van der Waals surface area contributed by atoms with Crippen molar-refractivity contribution >= 4 is 29.3 Å². The Labute approximate surface area is 165 Å². The summed E-state index contributed by atoms with van der Waals surface area (Å²) in [6.07, 6.45) is 4.30. The number of nitrogens with one attached hydrogen (secondary N) is 1. The minimum absolute atomic E-state index is 0. The summed E-state index contributed by atoms with van der Waals surface area (Å²) in [4.78, 5) is 19.8. The Balaban J connectivity index is 0.00000225. The van der Waals surface area contributed by atoms with Crippen LogP contribution in [0.4, 0.5) is 0 Å². The van der Waals surface area contributed by atoms with E-state index in [-0.39, 0.29) is 24.1 Å². The topological polar surface area (TPSA) is 119 Å². The van der Waals surface area contributed by atoms with Crippen molar-refractivity contribution in [3.05, 3.63) is 48.4 Å². The zero-order valence-corrected chi connectivity index (χ0v) is 15.8. The Kier molecular flexibility index (Phi) is 5.27. The van der Waals surface area contributed by atoms with Gasteiger partial charge in [-0.15, -0.1) is 12.4 Å². The number of benzene rings is 1. The van der Waals surface area contributed by atoms with Gasteiger partial charge < -0.3 is 9.84 Å². The van der Waals surface area contributed by atoms with Crippen molar-refractivity contribution in [2.24, 2.45) is 0 Å². The van der Waals surface area contributed by atoms with Crippen LogP contribution in [0, 0.1) is 0 Å². The van der Waals surface area contributed by atoms with Crippen LogP contribution in [0.3, 0.4) is 0 Å². The number of carboxylic acid groups (broad SMARTS) is 1. The summed E-state index contributed by atoms with van der Waals surface area (Å²) in [5.41, 5.74) is 1.49. The van der Waals surface area contributed by atoms with E-state index >= 15 is 0 Å². The van der Waals surface area contributed by atoms with Gasteiger partial charge in [0, 0.05) is 23.8 Å². The number of fused-ring (bicyclic) bond motifs is 1. The van der Waals surface area contributed by atoms with Crippen LogP contribution in [-0.2, 0) is 0 Å². The van der Waals surface area contributed by atoms with Crippen LogP contribution in [-0.4, -0.2) is 47.1 Å². The van der Waals surface area contributed by atoms with Gasteiger partial charge in [0.05, 0.1) is 23.4 Å². The Hall–Kier alpha value is -3.46. The molecule has 0 atom stereocenters. The molecule has 0 aliphatic rings. The van der Waals surface area contributed by atoms with Crippen LogP contribution in [0.2, 0.25) is 0 Å². The number of aromatic amines is 1. The number of carbonyl (C=O) groups is 1. The Morgan fingerprint density at radius 2 is 2.11 bits per heavy atom. The first-order valence-corrected chi connectivity index (χ1v) is 8.28. The fraction of sp³-hybridized carbons (Fsp3) is 0.167. The lowest BCUT2D eigenvalue weighted by atomic mass is 10.2. The molecule has 28 heavy (non-hydrogen) atoms. The summed E-state index contributed by atoms with van der Waals surface area (Å²) in [7, 11) is 0. The lowest BCUT2D eigenvalue weighted by Gasteiger charge is -2.09. The number of H-pyrrole nitrogens is 1. The van der Waals surface area contributed by atoms with Crippen LogP contribution in [0.1, 0.15) is 24.2 Å². The highest BCUT2D eigenvalue weighted by molar-refractivity contribution is 5.92. The molecule has 0 unspecified atom stereocenters. The van der Waals surface area contributed by atoms with Crippen molar-refractivity contribution in [3.8, 4) is 23.1 Å². The molecule has 0 aliphatic carbocycles. The highest BCUT2D eigenvalue weighted by Gasteiger charge is 2.14. The molecule has 0 saturated carbocycles. The Bertz CT molecular complexity index is 1140. The molecule has 3 aromatic heterocycles. The number of aromatic carboxylic acids is 1. The highest BCUT2D eigenvalue weighted by Crippen LogP contribution is 2.28. The molecule has 3 heterocycles. The van der Waals surface area contributed by atoms with E-state index in [1.807, 2.05) is 32.0 Å². The first kappa shape index (κ1) is 19.3. The first-order chi connectivity index (χ1) is 13.0. The monoisotopic (exact) mass is 400 g/mol. The summed E-state index contributed by atoms with van der Waals surface area (Å²) in [6, 6.07) is 7.30. The maximum Gasteiger partial charge on any atom is 0.338 e. The predicted octanol–water partition coefficient (Wildman–Crippen LogP) is 3.11. The van der Waals surface area contributed by atoms with Gasteiger partial charge in [-0.1, -0.05) is 0 Å². The van der Waals surface area contributed by atoms with Gasteiger partial charge in [-0.25, -0.2) is 19.4 Å². The second kappa shape index (κ2) is 7.65. The van der Waals surface area contributed by atoms with E-state index in [0.29, 0.717) is 17.3 Å². The van der Waals surface area contributed by atoms with Gasteiger partial charge in [0.1, 0.15) is 11.4 Å². The number of aromatic nitrogens is 6. The molecule has 9 nitrogen and oxygen atoms in total. The smallest absolute Gasteiger partial charge is 0.338 e. The first-order valence-electron chi connectivity index (χ1n) is 8.28. The highest BCUT2D eigenvalue weighted by atomic mass is 35.5. The zero-order valence-electron chi connectivity index (χ0n) is 15.0. The lowest BCUT2D eigenvalue weighted by Crippen LogP contribution is -2.05. The van der Waals surface area contributed by atoms with Gasteiger partial charge in [0.15, 0.2) is 11.6 Å². The molecule has 1 aromatic carbocycles. The molecule has 4 rings (SSSR count). The third kappa shape index (κ3) is 3.65. The summed E-state index contributed by atoms with van der Waals surface area (Å²) in [6.45, 7) is 3.92. The molecule has 144 valence electrons. The number of hydrogen-bond donors (Lipinski definition) is 2. The van der Waals surface area contributed by atoms with E-state index in [1.165, 1.54) is 17.1 Å². The minimum Gasteiger partial charge on any atom is -0.491 e. The van der Waals surface area contributed by atoms with Crippen LogP contribution in [0.25, 0.3) is 28.2 Å². The summed E-state index contributed by atoms with van der Waals surface area (Å²) in [5.74, 6) is 0.520. The fourth-order valence-corrected chi connectivity index (χ4v) is 2.66. The molecule has 2 N–H and O–H groups in total. The average molecular weight is 401 g/mol. The molecule has 10 heteroatoms. The van der Waals surface area contributed by atoms with Crippen molar-refractivity contribution in [2.75, 3.05) is 0 Å². The largest absolute Gasteiger partial charge is 0.491 e. The van der Waals surface area contributed by atoms with Crippen molar-refractivity contribution in [1.29, 1.82) is 0 Å². The van der Waals surface area contributed by atoms with Crippen LogP contribution in [0.15, 0.2) is 42.9 Å². The SMILES string of the molecule is CC(C)Oc1ccc2[nH]nc(-c3nccc(-n4cc(C(=O)O)cn4)n3)c2c1.Cl. The van der Waals surface area contributed by atoms with E-state index in [2.05, 4.69) is 25.3 Å². The number of rotatable bonds is 5. The van der Waals surface area contributed by atoms with Gasteiger partial charge in [-0.3, -0.25) is 5.10 Å². The van der Waals surface area contributed by atoms with E-state index in [1.54, 1.807) is 12.3 Å². The van der Waals surface area contributed by atoms with Crippen LogP contribution in [0.5, 0.6) is 5.75 Å². The molecule has 0 fully saturated rings. The number of hydrogen-bond acceptors (Lipinski definition) is 6. The van der Waals surface area contributed by atoms with Crippen molar-refractivity contribution < 1.29 is 14.6 Å². The molecule has 0 amide bonds. The van der Waals surface area contributed by atoms with E-state index < -0.39 is 5.97 Å². The van der Waals surface area contributed by atoms with E-state index in [4.69, 9.17) is 9.84 Å².